The number of rotatable bonds is 9. The predicted molar refractivity (Wildman–Crippen MR) is 77.9 cm³/mol. The molecule has 0 amide bonds. The molecule has 1 rings (SSSR count). The number of hydrogen-bond acceptors (Lipinski definition) is 5. The van der Waals surface area contributed by atoms with E-state index in [2.05, 4.69) is 10.1 Å². The van der Waals surface area contributed by atoms with Gasteiger partial charge in [0.2, 0.25) is 11.7 Å². The Bertz CT molecular complexity index is 452. The maximum absolute atomic E-state index is 11.5. The number of nitrogens with zero attached hydrogens (tertiary/aromatic N) is 2. The Labute approximate surface area is 125 Å². The second-order valence-corrected chi connectivity index (χ2v) is 5.64. The van der Waals surface area contributed by atoms with E-state index in [-0.39, 0.29) is 18.4 Å². The summed E-state index contributed by atoms with van der Waals surface area (Å²) in [5.74, 6) is 0.254. The van der Waals surface area contributed by atoms with E-state index in [9.17, 15) is 9.90 Å². The van der Waals surface area contributed by atoms with E-state index in [0.717, 1.165) is 0 Å². The van der Waals surface area contributed by atoms with Gasteiger partial charge in [0, 0.05) is 13.0 Å². The third-order valence-electron chi connectivity index (χ3n) is 3.99. The number of ether oxygens (including phenoxy) is 1. The maximum Gasteiger partial charge on any atom is 0.310 e. The SMILES string of the molecule is CCOC(c1noc(CC(CC)(CC)C(=O)O)n1)C(C)C. The molecule has 21 heavy (non-hydrogen) atoms. The van der Waals surface area contributed by atoms with Crippen LogP contribution in [0.2, 0.25) is 0 Å². The summed E-state index contributed by atoms with van der Waals surface area (Å²) in [7, 11) is 0. The van der Waals surface area contributed by atoms with Crippen molar-refractivity contribution >= 4 is 5.97 Å². The summed E-state index contributed by atoms with van der Waals surface area (Å²) in [5, 5.41) is 13.4. The molecule has 0 spiro atoms. The zero-order chi connectivity index (χ0) is 16.0. The largest absolute Gasteiger partial charge is 0.481 e. The normalized spacial score (nSPS) is 13.6. The summed E-state index contributed by atoms with van der Waals surface area (Å²) in [6.45, 7) is 10.3. The lowest BCUT2D eigenvalue weighted by molar-refractivity contribution is -0.149. The van der Waals surface area contributed by atoms with Crippen LogP contribution in [0.15, 0.2) is 4.52 Å². The highest BCUT2D eigenvalue weighted by atomic mass is 16.5. The van der Waals surface area contributed by atoms with Crippen molar-refractivity contribution in [2.45, 2.75) is 60.0 Å². The number of carbonyl (C=O) groups is 1. The highest BCUT2D eigenvalue weighted by molar-refractivity contribution is 5.74. The Kier molecular flexibility index (Phi) is 6.33. The van der Waals surface area contributed by atoms with Gasteiger partial charge in [0.05, 0.1) is 5.41 Å². The van der Waals surface area contributed by atoms with Gasteiger partial charge >= 0.3 is 5.97 Å². The molecular weight excluding hydrogens is 272 g/mol. The summed E-state index contributed by atoms with van der Waals surface area (Å²) in [6.07, 6.45) is 1.07. The molecule has 0 aliphatic carbocycles. The Hall–Kier alpha value is -1.43. The molecule has 0 saturated carbocycles. The Morgan fingerprint density at radius 2 is 1.95 bits per heavy atom. The van der Waals surface area contributed by atoms with Crippen LogP contribution >= 0.6 is 0 Å². The van der Waals surface area contributed by atoms with Gasteiger partial charge in [0.15, 0.2) is 0 Å². The van der Waals surface area contributed by atoms with Crippen LogP contribution in [0.25, 0.3) is 0 Å². The van der Waals surface area contributed by atoms with E-state index in [1.165, 1.54) is 0 Å². The van der Waals surface area contributed by atoms with Gasteiger partial charge in [-0.3, -0.25) is 4.79 Å². The maximum atomic E-state index is 11.5. The smallest absolute Gasteiger partial charge is 0.310 e. The van der Waals surface area contributed by atoms with E-state index in [1.807, 2.05) is 34.6 Å². The van der Waals surface area contributed by atoms with Gasteiger partial charge in [-0.2, -0.15) is 4.98 Å². The van der Waals surface area contributed by atoms with Crippen LogP contribution in [0.1, 0.15) is 65.3 Å². The van der Waals surface area contributed by atoms with Crippen molar-refractivity contribution in [1.29, 1.82) is 0 Å². The third kappa shape index (κ3) is 4.03. The molecule has 6 nitrogen and oxygen atoms in total. The van der Waals surface area contributed by atoms with Crippen LogP contribution in [0.3, 0.4) is 0 Å². The molecule has 0 saturated heterocycles. The average Bonchev–Trinajstić information content (AvgIpc) is 2.89. The number of aliphatic carboxylic acids is 1. The monoisotopic (exact) mass is 298 g/mol. The van der Waals surface area contributed by atoms with Crippen molar-refractivity contribution in [1.82, 2.24) is 10.1 Å². The van der Waals surface area contributed by atoms with Crippen molar-refractivity contribution in [2.24, 2.45) is 11.3 Å². The van der Waals surface area contributed by atoms with Crippen molar-refractivity contribution in [3.05, 3.63) is 11.7 Å². The van der Waals surface area contributed by atoms with E-state index >= 15 is 0 Å². The molecule has 0 aromatic carbocycles. The number of carboxylic acid groups (broad SMARTS) is 1. The fraction of sp³-hybridized carbons (Fsp3) is 0.800. The lowest BCUT2D eigenvalue weighted by atomic mass is 9.79. The van der Waals surface area contributed by atoms with E-state index < -0.39 is 11.4 Å². The Morgan fingerprint density at radius 3 is 2.38 bits per heavy atom. The highest BCUT2D eigenvalue weighted by Gasteiger charge is 2.37. The standard InChI is InChI=1S/C15H26N2O4/c1-6-15(7-2,14(18)19)9-11-16-13(17-21-11)12(10(4)5)20-8-3/h10,12H,6-9H2,1-5H3,(H,18,19). The summed E-state index contributed by atoms with van der Waals surface area (Å²) in [5.41, 5.74) is -0.844. The minimum Gasteiger partial charge on any atom is -0.481 e. The first-order chi connectivity index (χ1) is 9.90. The Balaban J connectivity index is 2.94. The summed E-state index contributed by atoms with van der Waals surface area (Å²) < 4.78 is 10.9. The van der Waals surface area contributed by atoms with Crippen LogP contribution in [0.5, 0.6) is 0 Å². The van der Waals surface area contributed by atoms with Gasteiger partial charge < -0.3 is 14.4 Å². The van der Waals surface area contributed by atoms with Crippen LogP contribution < -0.4 is 0 Å². The van der Waals surface area contributed by atoms with Crippen molar-refractivity contribution < 1.29 is 19.2 Å². The van der Waals surface area contributed by atoms with Gasteiger partial charge in [0.1, 0.15) is 6.10 Å². The zero-order valence-electron chi connectivity index (χ0n) is 13.5. The number of hydrogen-bond donors (Lipinski definition) is 1. The molecule has 0 radical (unpaired) electrons. The summed E-state index contributed by atoms with van der Waals surface area (Å²) in [4.78, 5) is 15.9. The first kappa shape index (κ1) is 17.6. The zero-order valence-corrected chi connectivity index (χ0v) is 13.5. The van der Waals surface area contributed by atoms with E-state index in [0.29, 0.717) is 31.2 Å². The molecule has 1 heterocycles. The van der Waals surface area contributed by atoms with Crippen LogP contribution in [0.4, 0.5) is 0 Å². The quantitative estimate of drug-likeness (QED) is 0.753. The van der Waals surface area contributed by atoms with Crippen molar-refractivity contribution in [2.75, 3.05) is 6.61 Å². The van der Waals surface area contributed by atoms with Crippen LogP contribution in [-0.4, -0.2) is 27.8 Å². The number of aromatic nitrogens is 2. The Morgan fingerprint density at radius 1 is 1.33 bits per heavy atom. The number of carboxylic acids is 1. The first-order valence-corrected chi connectivity index (χ1v) is 7.57. The molecule has 0 fully saturated rings. The fourth-order valence-electron chi connectivity index (χ4n) is 2.37. The third-order valence-corrected chi connectivity index (χ3v) is 3.99. The molecule has 0 aliphatic heterocycles. The lowest BCUT2D eigenvalue weighted by Gasteiger charge is -2.24. The fourth-order valence-corrected chi connectivity index (χ4v) is 2.37. The molecule has 6 heteroatoms. The van der Waals surface area contributed by atoms with Crippen molar-refractivity contribution in [3.8, 4) is 0 Å². The minimum absolute atomic E-state index is 0.219. The molecule has 1 aromatic rings. The lowest BCUT2D eigenvalue weighted by Crippen LogP contribution is -2.32. The molecule has 1 aromatic heterocycles. The highest BCUT2D eigenvalue weighted by Crippen LogP contribution is 2.32. The molecule has 0 bridgehead atoms. The molecule has 0 aliphatic rings. The molecule has 1 atom stereocenters. The predicted octanol–water partition coefficient (Wildman–Crippen LogP) is 3.24. The van der Waals surface area contributed by atoms with Crippen LogP contribution in [0, 0.1) is 11.3 Å². The van der Waals surface area contributed by atoms with Crippen molar-refractivity contribution in [3.63, 3.8) is 0 Å². The minimum atomic E-state index is -0.844. The summed E-state index contributed by atoms with van der Waals surface area (Å²) >= 11 is 0. The second kappa shape index (κ2) is 7.54. The summed E-state index contributed by atoms with van der Waals surface area (Å²) in [6, 6.07) is 0. The van der Waals surface area contributed by atoms with Gasteiger partial charge in [0.25, 0.3) is 0 Å². The first-order valence-electron chi connectivity index (χ1n) is 7.57. The van der Waals surface area contributed by atoms with Crippen LogP contribution in [-0.2, 0) is 16.0 Å². The molecule has 1 unspecified atom stereocenters. The van der Waals surface area contributed by atoms with Gasteiger partial charge in [-0.1, -0.05) is 32.9 Å². The molecule has 120 valence electrons. The molecular formula is C15H26N2O4. The molecule has 1 N–H and O–H groups in total. The second-order valence-electron chi connectivity index (χ2n) is 5.64. The van der Waals surface area contributed by atoms with Gasteiger partial charge in [-0.05, 0) is 25.7 Å². The van der Waals surface area contributed by atoms with E-state index in [4.69, 9.17) is 9.26 Å². The van der Waals surface area contributed by atoms with Gasteiger partial charge in [-0.15, -0.1) is 0 Å². The van der Waals surface area contributed by atoms with Gasteiger partial charge in [-0.25, -0.2) is 0 Å². The van der Waals surface area contributed by atoms with E-state index in [1.54, 1.807) is 0 Å². The topological polar surface area (TPSA) is 85.5 Å². The average molecular weight is 298 g/mol.